The first-order valence-electron chi connectivity index (χ1n) is 6.41. The molecule has 2 rings (SSSR count). The minimum Gasteiger partial charge on any atom is -0.382 e. The number of benzene rings is 1. The van der Waals surface area contributed by atoms with E-state index in [1.54, 1.807) is 25.1 Å². The van der Waals surface area contributed by atoms with Crippen LogP contribution < -0.4 is 11.1 Å². The molecule has 0 spiro atoms. The first-order chi connectivity index (χ1) is 9.95. The standard InChI is InChI=1S/C13H16FN3O2S2/c1-2-21(18,19)11-12(15)17-20-13(11)16-8-7-9-5-3-4-6-10(9)14/h3-6,16H,2,7-8H2,1H3,(H2,15,17). The number of hydrogen-bond donors (Lipinski definition) is 2. The van der Waals surface area contributed by atoms with Gasteiger partial charge in [0.2, 0.25) is 0 Å². The summed E-state index contributed by atoms with van der Waals surface area (Å²) >= 11 is 0.999. The van der Waals surface area contributed by atoms with Crippen molar-refractivity contribution in [2.24, 2.45) is 0 Å². The third-order valence-electron chi connectivity index (χ3n) is 3.00. The van der Waals surface area contributed by atoms with Gasteiger partial charge in [-0.3, -0.25) is 0 Å². The summed E-state index contributed by atoms with van der Waals surface area (Å²) < 4.78 is 41.3. The predicted molar refractivity (Wildman–Crippen MR) is 82.8 cm³/mol. The number of nitrogens with one attached hydrogen (secondary N) is 1. The second kappa shape index (κ2) is 6.40. The summed E-state index contributed by atoms with van der Waals surface area (Å²) in [5.74, 6) is -0.308. The molecular formula is C13H16FN3O2S2. The van der Waals surface area contributed by atoms with E-state index in [0.717, 1.165) is 11.5 Å². The van der Waals surface area contributed by atoms with Crippen molar-refractivity contribution in [1.29, 1.82) is 0 Å². The average Bonchev–Trinajstić information content (AvgIpc) is 2.83. The molecule has 1 heterocycles. The highest BCUT2D eigenvalue weighted by Crippen LogP contribution is 2.32. The largest absolute Gasteiger partial charge is 0.382 e. The predicted octanol–water partition coefficient (Wildman–Crippen LogP) is 2.31. The molecular weight excluding hydrogens is 313 g/mol. The maximum absolute atomic E-state index is 13.5. The van der Waals surface area contributed by atoms with Gasteiger partial charge in [0, 0.05) is 6.54 Å². The van der Waals surface area contributed by atoms with Gasteiger partial charge < -0.3 is 11.1 Å². The Bertz CT molecular complexity index is 729. The number of sulfone groups is 1. The molecule has 0 radical (unpaired) electrons. The molecule has 0 atom stereocenters. The third-order valence-corrected chi connectivity index (χ3v) is 5.75. The molecule has 1 aromatic carbocycles. The van der Waals surface area contributed by atoms with Crippen molar-refractivity contribution >= 4 is 32.2 Å². The second-order valence-electron chi connectivity index (χ2n) is 4.40. The summed E-state index contributed by atoms with van der Waals surface area (Å²) in [6, 6.07) is 6.48. The minimum absolute atomic E-state index is 0.00948. The van der Waals surface area contributed by atoms with Crippen LogP contribution in [0.2, 0.25) is 0 Å². The zero-order chi connectivity index (χ0) is 15.5. The number of nitrogens with zero attached hydrogens (tertiary/aromatic N) is 1. The molecule has 8 heteroatoms. The number of nitrogens with two attached hydrogens (primary N) is 1. The van der Waals surface area contributed by atoms with Crippen LogP contribution in [0.25, 0.3) is 0 Å². The topological polar surface area (TPSA) is 85.1 Å². The van der Waals surface area contributed by atoms with Crippen LogP contribution >= 0.6 is 11.5 Å². The number of aromatic nitrogens is 1. The van der Waals surface area contributed by atoms with Crippen molar-refractivity contribution < 1.29 is 12.8 Å². The molecule has 1 aromatic heterocycles. The summed E-state index contributed by atoms with van der Waals surface area (Å²) in [6.07, 6.45) is 0.441. The lowest BCUT2D eigenvalue weighted by Gasteiger charge is -2.07. The monoisotopic (exact) mass is 329 g/mol. The first-order valence-corrected chi connectivity index (χ1v) is 8.83. The van der Waals surface area contributed by atoms with Crippen molar-refractivity contribution in [3.63, 3.8) is 0 Å². The van der Waals surface area contributed by atoms with Gasteiger partial charge >= 0.3 is 0 Å². The Morgan fingerprint density at radius 2 is 2.10 bits per heavy atom. The van der Waals surface area contributed by atoms with Crippen LogP contribution in [0.5, 0.6) is 0 Å². The molecule has 0 unspecified atom stereocenters. The number of anilines is 2. The molecule has 2 aromatic rings. The molecule has 5 nitrogen and oxygen atoms in total. The highest BCUT2D eigenvalue weighted by atomic mass is 32.2. The Morgan fingerprint density at radius 3 is 2.76 bits per heavy atom. The van der Waals surface area contributed by atoms with Crippen LogP contribution in [-0.2, 0) is 16.3 Å². The van der Waals surface area contributed by atoms with Crippen LogP contribution in [0.1, 0.15) is 12.5 Å². The van der Waals surface area contributed by atoms with Crippen LogP contribution in [0, 0.1) is 5.82 Å². The van der Waals surface area contributed by atoms with Gasteiger partial charge in [-0.2, -0.15) is 4.37 Å². The summed E-state index contributed by atoms with van der Waals surface area (Å²) in [5, 5.41) is 3.39. The van der Waals surface area contributed by atoms with E-state index in [-0.39, 0.29) is 22.3 Å². The molecule has 0 aliphatic rings. The fraction of sp³-hybridized carbons (Fsp3) is 0.308. The van der Waals surface area contributed by atoms with E-state index in [4.69, 9.17) is 5.73 Å². The molecule has 114 valence electrons. The van der Waals surface area contributed by atoms with Gasteiger partial charge in [-0.05, 0) is 29.6 Å². The summed E-state index contributed by atoms with van der Waals surface area (Å²) in [4.78, 5) is 0.0449. The SMILES string of the molecule is CCS(=O)(=O)c1c(N)nsc1NCCc1ccccc1F. The van der Waals surface area contributed by atoms with E-state index in [1.807, 2.05) is 0 Å². The van der Waals surface area contributed by atoms with Crippen molar-refractivity contribution in [2.75, 3.05) is 23.3 Å². The third kappa shape index (κ3) is 3.51. The van der Waals surface area contributed by atoms with Crippen molar-refractivity contribution in [2.45, 2.75) is 18.2 Å². The quantitative estimate of drug-likeness (QED) is 0.849. The molecule has 0 aliphatic heterocycles. The van der Waals surface area contributed by atoms with Crippen LogP contribution in [0.4, 0.5) is 15.2 Å². The lowest BCUT2D eigenvalue weighted by Crippen LogP contribution is -2.11. The number of rotatable bonds is 6. The summed E-state index contributed by atoms with van der Waals surface area (Å²) in [7, 11) is -3.43. The molecule has 0 aliphatic carbocycles. The Balaban J connectivity index is 2.10. The van der Waals surface area contributed by atoms with Gasteiger partial charge in [-0.25, -0.2) is 12.8 Å². The van der Waals surface area contributed by atoms with Crippen LogP contribution in [0.15, 0.2) is 29.2 Å². The second-order valence-corrected chi connectivity index (χ2v) is 7.39. The van der Waals surface area contributed by atoms with E-state index in [0.29, 0.717) is 23.5 Å². The van der Waals surface area contributed by atoms with Crippen molar-refractivity contribution in [3.05, 3.63) is 35.6 Å². The van der Waals surface area contributed by atoms with Crippen LogP contribution in [0.3, 0.4) is 0 Å². The molecule has 0 saturated heterocycles. The van der Waals surface area contributed by atoms with Gasteiger partial charge in [0.15, 0.2) is 15.7 Å². The molecule has 0 saturated carbocycles. The average molecular weight is 329 g/mol. The zero-order valence-corrected chi connectivity index (χ0v) is 13.1. The van der Waals surface area contributed by atoms with E-state index in [9.17, 15) is 12.8 Å². The van der Waals surface area contributed by atoms with Gasteiger partial charge in [0.25, 0.3) is 0 Å². The molecule has 21 heavy (non-hydrogen) atoms. The number of hydrogen-bond acceptors (Lipinski definition) is 6. The zero-order valence-electron chi connectivity index (χ0n) is 11.5. The highest BCUT2D eigenvalue weighted by Gasteiger charge is 2.23. The Labute approximate surface area is 127 Å². The summed E-state index contributed by atoms with van der Waals surface area (Å²) in [6.45, 7) is 1.95. The molecule has 0 fully saturated rings. The minimum atomic E-state index is -3.43. The summed E-state index contributed by atoms with van der Waals surface area (Å²) in [5.41, 5.74) is 6.20. The number of nitrogen functional groups attached to an aromatic ring is 1. The normalized spacial score (nSPS) is 11.5. The molecule has 3 N–H and O–H groups in total. The van der Waals surface area contributed by atoms with Crippen LogP contribution in [-0.4, -0.2) is 25.1 Å². The van der Waals surface area contributed by atoms with E-state index >= 15 is 0 Å². The van der Waals surface area contributed by atoms with Gasteiger partial charge in [0.05, 0.1) is 5.75 Å². The Morgan fingerprint density at radius 1 is 1.38 bits per heavy atom. The van der Waals surface area contributed by atoms with E-state index in [2.05, 4.69) is 9.69 Å². The van der Waals surface area contributed by atoms with Gasteiger partial charge in [0.1, 0.15) is 15.7 Å². The maximum atomic E-state index is 13.5. The Hall–Kier alpha value is -1.67. The van der Waals surface area contributed by atoms with Gasteiger partial charge in [-0.15, -0.1) is 0 Å². The fourth-order valence-corrected chi connectivity index (χ4v) is 4.06. The van der Waals surface area contributed by atoms with E-state index < -0.39 is 9.84 Å². The van der Waals surface area contributed by atoms with E-state index in [1.165, 1.54) is 6.07 Å². The van der Waals surface area contributed by atoms with Crippen molar-refractivity contribution in [1.82, 2.24) is 4.37 Å². The lowest BCUT2D eigenvalue weighted by atomic mass is 10.1. The fourth-order valence-electron chi connectivity index (χ4n) is 1.86. The molecule has 0 bridgehead atoms. The Kier molecular flexibility index (Phi) is 4.79. The first kappa shape index (κ1) is 15.7. The molecule has 0 amide bonds. The smallest absolute Gasteiger partial charge is 0.184 e. The maximum Gasteiger partial charge on any atom is 0.184 e. The highest BCUT2D eigenvalue weighted by molar-refractivity contribution is 7.91. The number of halogens is 1. The lowest BCUT2D eigenvalue weighted by molar-refractivity contribution is 0.598. The van der Waals surface area contributed by atoms with Gasteiger partial charge in [-0.1, -0.05) is 25.1 Å². The van der Waals surface area contributed by atoms with Crippen molar-refractivity contribution in [3.8, 4) is 0 Å².